The molecule has 0 atom stereocenters. The zero-order chi connectivity index (χ0) is 13.4. The predicted molar refractivity (Wildman–Crippen MR) is 61.0 cm³/mol. The number of alkyl halides is 3. The molecule has 0 saturated heterocycles. The van der Waals surface area contributed by atoms with Crippen LogP contribution < -0.4 is 5.32 Å². The van der Waals surface area contributed by atoms with Gasteiger partial charge in [0, 0.05) is 25.1 Å². The van der Waals surface area contributed by atoms with E-state index in [1.807, 2.05) is 13.0 Å². The summed E-state index contributed by atoms with van der Waals surface area (Å²) in [4.78, 5) is 0. The van der Waals surface area contributed by atoms with E-state index in [1.54, 1.807) is 6.26 Å². The lowest BCUT2D eigenvalue weighted by Gasteiger charge is -2.07. The van der Waals surface area contributed by atoms with Crippen molar-refractivity contribution >= 4 is 0 Å². The van der Waals surface area contributed by atoms with Crippen LogP contribution in [0.5, 0.6) is 0 Å². The maximum Gasteiger partial charge on any atom is 0.389 e. The first-order valence-corrected chi connectivity index (χ1v) is 5.93. The molecule has 0 unspecified atom stereocenters. The van der Waals surface area contributed by atoms with Gasteiger partial charge in [-0.15, -0.1) is 0 Å². The minimum atomic E-state index is -4.11. The summed E-state index contributed by atoms with van der Waals surface area (Å²) in [6.45, 7) is 3.81. The number of hydrogen-bond donors (Lipinski definition) is 1. The Balaban J connectivity index is 2.21. The summed E-state index contributed by atoms with van der Waals surface area (Å²) < 4.78 is 46.0. The van der Waals surface area contributed by atoms with Crippen LogP contribution in [0.4, 0.5) is 13.2 Å². The first-order chi connectivity index (χ1) is 8.53. The van der Waals surface area contributed by atoms with Crippen LogP contribution >= 0.6 is 0 Å². The molecule has 0 aliphatic carbocycles. The van der Waals surface area contributed by atoms with E-state index in [0.29, 0.717) is 12.3 Å². The summed E-state index contributed by atoms with van der Waals surface area (Å²) in [5, 5.41) is 3.15. The van der Waals surface area contributed by atoms with Crippen LogP contribution in [0, 0.1) is 0 Å². The smallest absolute Gasteiger partial charge is 0.389 e. The first-order valence-electron chi connectivity index (χ1n) is 5.93. The SMILES string of the molecule is CCNCc1ccoc1COCCCC(F)(F)F. The number of hydrogen-bond acceptors (Lipinski definition) is 3. The van der Waals surface area contributed by atoms with Crippen molar-refractivity contribution < 1.29 is 22.3 Å². The molecule has 0 bridgehead atoms. The fourth-order valence-electron chi connectivity index (χ4n) is 1.45. The minimum absolute atomic E-state index is 0.0211. The van der Waals surface area contributed by atoms with Gasteiger partial charge in [-0.2, -0.15) is 13.2 Å². The van der Waals surface area contributed by atoms with Gasteiger partial charge >= 0.3 is 6.18 Å². The van der Waals surface area contributed by atoms with Crippen LogP contribution in [0.15, 0.2) is 16.7 Å². The Morgan fingerprint density at radius 2 is 2.17 bits per heavy atom. The molecule has 1 heterocycles. The second-order valence-electron chi connectivity index (χ2n) is 3.92. The summed E-state index contributed by atoms with van der Waals surface area (Å²) in [6, 6.07) is 1.83. The Morgan fingerprint density at radius 1 is 1.39 bits per heavy atom. The summed E-state index contributed by atoms with van der Waals surface area (Å²) in [7, 11) is 0. The molecule has 0 fully saturated rings. The van der Waals surface area contributed by atoms with Crippen LogP contribution in [0.1, 0.15) is 31.1 Å². The largest absolute Gasteiger partial charge is 0.467 e. The predicted octanol–water partition coefficient (Wildman–Crippen LogP) is 3.25. The second kappa shape index (κ2) is 7.43. The molecule has 0 radical (unpaired) electrons. The van der Waals surface area contributed by atoms with E-state index < -0.39 is 12.6 Å². The van der Waals surface area contributed by atoms with Crippen molar-refractivity contribution in [1.29, 1.82) is 0 Å². The van der Waals surface area contributed by atoms with E-state index in [-0.39, 0.29) is 19.6 Å². The Hall–Kier alpha value is -1.01. The highest BCUT2D eigenvalue weighted by molar-refractivity contribution is 5.15. The van der Waals surface area contributed by atoms with Crippen LogP contribution in [0.2, 0.25) is 0 Å². The summed E-state index contributed by atoms with van der Waals surface area (Å²) in [5.41, 5.74) is 0.979. The number of ether oxygens (including phenoxy) is 1. The van der Waals surface area contributed by atoms with Crippen LogP contribution in [-0.4, -0.2) is 19.3 Å². The molecule has 104 valence electrons. The molecule has 18 heavy (non-hydrogen) atoms. The molecule has 1 rings (SSSR count). The van der Waals surface area contributed by atoms with Gasteiger partial charge in [-0.3, -0.25) is 0 Å². The Kier molecular flexibility index (Phi) is 6.21. The van der Waals surface area contributed by atoms with E-state index >= 15 is 0 Å². The van der Waals surface area contributed by atoms with Gasteiger partial charge in [0.2, 0.25) is 0 Å². The van der Waals surface area contributed by atoms with Gasteiger partial charge in [0.15, 0.2) is 0 Å². The summed E-state index contributed by atoms with van der Waals surface area (Å²) in [5.74, 6) is 0.669. The van der Waals surface area contributed by atoms with Crippen LogP contribution in [0.3, 0.4) is 0 Å². The summed E-state index contributed by atoms with van der Waals surface area (Å²) in [6.07, 6.45) is -3.38. The Labute approximate surface area is 104 Å². The van der Waals surface area contributed by atoms with Crippen molar-refractivity contribution in [3.8, 4) is 0 Å². The van der Waals surface area contributed by atoms with Crippen molar-refractivity contribution in [3.05, 3.63) is 23.7 Å². The molecule has 0 amide bonds. The molecule has 1 aromatic heterocycles. The van der Waals surface area contributed by atoms with Gasteiger partial charge in [0.1, 0.15) is 12.4 Å². The quantitative estimate of drug-likeness (QED) is 0.733. The zero-order valence-electron chi connectivity index (χ0n) is 10.3. The van der Waals surface area contributed by atoms with Crippen molar-refractivity contribution in [1.82, 2.24) is 5.32 Å². The van der Waals surface area contributed by atoms with E-state index in [0.717, 1.165) is 12.1 Å². The molecule has 0 aromatic carbocycles. The fraction of sp³-hybridized carbons (Fsp3) is 0.667. The molecule has 0 aliphatic rings. The molecule has 0 spiro atoms. The second-order valence-corrected chi connectivity index (χ2v) is 3.92. The lowest BCUT2D eigenvalue weighted by atomic mass is 10.2. The van der Waals surface area contributed by atoms with Gasteiger partial charge < -0.3 is 14.5 Å². The van der Waals surface area contributed by atoms with Gasteiger partial charge in [0.05, 0.1) is 6.26 Å². The van der Waals surface area contributed by atoms with Crippen molar-refractivity contribution in [2.75, 3.05) is 13.2 Å². The molecular formula is C12H18F3NO2. The third-order valence-electron chi connectivity index (χ3n) is 2.39. The third-order valence-corrected chi connectivity index (χ3v) is 2.39. The van der Waals surface area contributed by atoms with Gasteiger partial charge in [-0.05, 0) is 19.0 Å². The van der Waals surface area contributed by atoms with Gasteiger partial charge in [-0.25, -0.2) is 0 Å². The number of nitrogens with one attached hydrogen (secondary N) is 1. The van der Waals surface area contributed by atoms with E-state index in [1.165, 1.54) is 0 Å². The molecule has 1 aromatic rings. The maximum atomic E-state index is 11.9. The summed E-state index contributed by atoms with van der Waals surface area (Å²) >= 11 is 0. The average molecular weight is 265 g/mol. The van der Waals surface area contributed by atoms with E-state index in [4.69, 9.17) is 9.15 Å². The zero-order valence-corrected chi connectivity index (χ0v) is 10.3. The first kappa shape index (κ1) is 15.0. The standard InChI is InChI=1S/C12H18F3NO2/c1-2-16-8-10-4-7-18-11(10)9-17-6-3-5-12(13,14)15/h4,7,16H,2-3,5-6,8-9H2,1H3. The normalized spacial score (nSPS) is 12.0. The highest BCUT2D eigenvalue weighted by Crippen LogP contribution is 2.21. The Bertz CT molecular complexity index is 336. The molecular weight excluding hydrogens is 247 g/mol. The Morgan fingerprint density at radius 3 is 2.83 bits per heavy atom. The van der Waals surface area contributed by atoms with Crippen LogP contribution in [0.25, 0.3) is 0 Å². The highest BCUT2D eigenvalue weighted by Gasteiger charge is 2.25. The van der Waals surface area contributed by atoms with Crippen molar-refractivity contribution in [2.24, 2.45) is 0 Å². The lowest BCUT2D eigenvalue weighted by Crippen LogP contribution is -2.13. The third kappa shape index (κ3) is 6.07. The number of furan rings is 1. The highest BCUT2D eigenvalue weighted by atomic mass is 19.4. The van der Waals surface area contributed by atoms with Gasteiger partial charge in [-0.1, -0.05) is 6.92 Å². The van der Waals surface area contributed by atoms with Crippen molar-refractivity contribution in [3.63, 3.8) is 0 Å². The molecule has 6 heteroatoms. The lowest BCUT2D eigenvalue weighted by molar-refractivity contribution is -0.138. The minimum Gasteiger partial charge on any atom is -0.467 e. The number of rotatable bonds is 8. The molecule has 3 nitrogen and oxygen atoms in total. The molecule has 1 N–H and O–H groups in total. The van der Waals surface area contributed by atoms with E-state index in [9.17, 15) is 13.2 Å². The number of halogens is 3. The molecule has 0 aliphatic heterocycles. The topological polar surface area (TPSA) is 34.4 Å². The van der Waals surface area contributed by atoms with Crippen molar-refractivity contribution in [2.45, 2.75) is 39.1 Å². The maximum absolute atomic E-state index is 11.9. The van der Waals surface area contributed by atoms with Crippen LogP contribution in [-0.2, 0) is 17.9 Å². The van der Waals surface area contributed by atoms with E-state index in [2.05, 4.69) is 5.32 Å². The monoisotopic (exact) mass is 265 g/mol. The molecule has 0 saturated carbocycles. The van der Waals surface area contributed by atoms with Gasteiger partial charge in [0.25, 0.3) is 0 Å². The average Bonchev–Trinajstić information content (AvgIpc) is 2.72. The fourth-order valence-corrected chi connectivity index (χ4v) is 1.45.